The molecule has 0 unspecified atom stereocenters. The molecule has 0 bridgehead atoms. The minimum atomic E-state index is 0.450. The number of hydrogen-bond donors (Lipinski definition) is 0. The summed E-state index contributed by atoms with van der Waals surface area (Å²) in [6.45, 7) is 3.92. The van der Waals surface area contributed by atoms with Gasteiger partial charge < -0.3 is 9.47 Å². The summed E-state index contributed by atoms with van der Waals surface area (Å²) < 4.78 is 10.8. The van der Waals surface area contributed by atoms with Gasteiger partial charge in [0, 0.05) is 18.6 Å². The van der Waals surface area contributed by atoms with Crippen molar-refractivity contribution in [1.29, 1.82) is 0 Å². The van der Waals surface area contributed by atoms with E-state index >= 15 is 0 Å². The Hall–Kier alpha value is -0.870. The SMILES string of the molecule is CCCOCCOc1cc(Cl)nc(C2CC2)n1. The number of hydrogen-bond acceptors (Lipinski definition) is 4. The van der Waals surface area contributed by atoms with Crippen molar-refractivity contribution >= 4 is 11.6 Å². The molecule has 94 valence electrons. The van der Waals surface area contributed by atoms with Crippen LogP contribution in [0.4, 0.5) is 0 Å². The van der Waals surface area contributed by atoms with Crippen LogP contribution in [-0.4, -0.2) is 29.8 Å². The van der Waals surface area contributed by atoms with Crippen LogP contribution < -0.4 is 4.74 Å². The van der Waals surface area contributed by atoms with Gasteiger partial charge in [0.25, 0.3) is 0 Å². The van der Waals surface area contributed by atoms with Crippen LogP contribution in [0.3, 0.4) is 0 Å². The van der Waals surface area contributed by atoms with Crippen LogP contribution in [0.25, 0.3) is 0 Å². The minimum Gasteiger partial charge on any atom is -0.475 e. The van der Waals surface area contributed by atoms with Crippen molar-refractivity contribution in [3.63, 3.8) is 0 Å². The molecular formula is C12H17ClN2O2. The number of ether oxygens (including phenoxy) is 2. The molecule has 1 aromatic heterocycles. The zero-order chi connectivity index (χ0) is 12.1. The molecular weight excluding hydrogens is 240 g/mol. The second kappa shape index (κ2) is 6.17. The molecule has 2 rings (SSSR count). The van der Waals surface area contributed by atoms with Crippen molar-refractivity contribution in [3.05, 3.63) is 17.0 Å². The molecule has 0 aliphatic heterocycles. The Morgan fingerprint density at radius 3 is 2.82 bits per heavy atom. The van der Waals surface area contributed by atoms with E-state index in [0.29, 0.717) is 30.2 Å². The van der Waals surface area contributed by atoms with E-state index in [2.05, 4.69) is 16.9 Å². The summed E-state index contributed by atoms with van der Waals surface area (Å²) in [5.41, 5.74) is 0. The van der Waals surface area contributed by atoms with Crippen molar-refractivity contribution in [2.45, 2.75) is 32.1 Å². The highest BCUT2D eigenvalue weighted by molar-refractivity contribution is 6.29. The first-order valence-corrected chi connectivity index (χ1v) is 6.42. The molecule has 0 saturated heterocycles. The summed E-state index contributed by atoms with van der Waals surface area (Å²) in [4.78, 5) is 8.54. The number of nitrogens with zero attached hydrogens (tertiary/aromatic N) is 2. The first-order chi connectivity index (χ1) is 8.29. The third-order valence-corrected chi connectivity index (χ3v) is 2.65. The maximum absolute atomic E-state index is 5.92. The Bertz CT molecular complexity index is 370. The summed E-state index contributed by atoms with van der Waals surface area (Å²) >= 11 is 5.92. The standard InChI is InChI=1S/C12H17ClN2O2/c1-2-5-16-6-7-17-11-8-10(13)14-12(15-11)9-3-4-9/h8-9H,2-7H2,1H3. The maximum atomic E-state index is 5.92. The lowest BCUT2D eigenvalue weighted by atomic mass is 10.4. The monoisotopic (exact) mass is 256 g/mol. The smallest absolute Gasteiger partial charge is 0.218 e. The predicted octanol–water partition coefficient (Wildman–Crippen LogP) is 2.81. The van der Waals surface area contributed by atoms with Gasteiger partial charge in [-0.25, -0.2) is 4.98 Å². The van der Waals surface area contributed by atoms with Gasteiger partial charge in [0.1, 0.15) is 17.6 Å². The van der Waals surface area contributed by atoms with E-state index in [-0.39, 0.29) is 0 Å². The van der Waals surface area contributed by atoms with Gasteiger partial charge in [0.2, 0.25) is 5.88 Å². The van der Waals surface area contributed by atoms with Crippen LogP contribution in [0.5, 0.6) is 5.88 Å². The average molecular weight is 257 g/mol. The van der Waals surface area contributed by atoms with Crippen LogP contribution in [-0.2, 0) is 4.74 Å². The molecule has 1 aliphatic carbocycles. The Morgan fingerprint density at radius 1 is 1.29 bits per heavy atom. The van der Waals surface area contributed by atoms with Crippen LogP contribution in [0, 0.1) is 0 Å². The predicted molar refractivity (Wildman–Crippen MR) is 65.6 cm³/mol. The fourth-order valence-electron chi connectivity index (χ4n) is 1.46. The van der Waals surface area contributed by atoms with Gasteiger partial charge in [-0.05, 0) is 19.3 Å². The summed E-state index contributed by atoms with van der Waals surface area (Å²) in [7, 11) is 0. The quantitative estimate of drug-likeness (QED) is 0.556. The van der Waals surface area contributed by atoms with E-state index < -0.39 is 0 Å². The molecule has 5 heteroatoms. The molecule has 1 saturated carbocycles. The Morgan fingerprint density at radius 2 is 2.12 bits per heavy atom. The van der Waals surface area contributed by atoms with Crippen LogP contribution >= 0.6 is 11.6 Å². The summed E-state index contributed by atoms with van der Waals surface area (Å²) in [6.07, 6.45) is 3.32. The van der Waals surface area contributed by atoms with Crippen LogP contribution in [0.15, 0.2) is 6.07 Å². The van der Waals surface area contributed by atoms with Gasteiger partial charge in [-0.15, -0.1) is 0 Å². The van der Waals surface area contributed by atoms with E-state index in [1.807, 2.05) is 0 Å². The van der Waals surface area contributed by atoms with Gasteiger partial charge in [-0.1, -0.05) is 18.5 Å². The van der Waals surface area contributed by atoms with Gasteiger partial charge in [-0.2, -0.15) is 4.98 Å². The van der Waals surface area contributed by atoms with Gasteiger partial charge in [0.05, 0.1) is 6.61 Å². The molecule has 1 fully saturated rings. The Balaban J connectivity index is 1.82. The highest BCUT2D eigenvalue weighted by Crippen LogP contribution is 2.38. The lowest BCUT2D eigenvalue weighted by Crippen LogP contribution is -2.08. The minimum absolute atomic E-state index is 0.450. The van der Waals surface area contributed by atoms with Gasteiger partial charge in [0.15, 0.2) is 0 Å². The zero-order valence-electron chi connectivity index (χ0n) is 9.99. The molecule has 0 spiro atoms. The first-order valence-electron chi connectivity index (χ1n) is 6.04. The first kappa shape index (κ1) is 12.6. The Kier molecular flexibility index (Phi) is 4.57. The third-order valence-electron chi connectivity index (χ3n) is 2.46. The van der Waals surface area contributed by atoms with Gasteiger partial charge >= 0.3 is 0 Å². The van der Waals surface area contributed by atoms with Crippen molar-refractivity contribution in [1.82, 2.24) is 9.97 Å². The van der Waals surface area contributed by atoms with E-state index in [1.165, 1.54) is 0 Å². The largest absolute Gasteiger partial charge is 0.475 e. The maximum Gasteiger partial charge on any atom is 0.218 e. The number of rotatable bonds is 7. The second-order valence-corrected chi connectivity index (χ2v) is 4.51. The molecule has 0 amide bonds. The van der Waals surface area contributed by atoms with E-state index in [9.17, 15) is 0 Å². The third kappa shape index (κ3) is 4.13. The molecule has 17 heavy (non-hydrogen) atoms. The highest BCUT2D eigenvalue weighted by atomic mass is 35.5. The zero-order valence-corrected chi connectivity index (χ0v) is 10.7. The molecule has 0 N–H and O–H groups in total. The highest BCUT2D eigenvalue weighted by Gasteiger charge is 2.27. The Labute approximate surface area is 106 Å². The van der Waals surface area contributed by atoms with E-state index in [1.54, 1.807) is 6.07 Å². The van der Waals surface area contributed by atoms with Crippen molar-refractivity contribution in [2.75, 3.05) is 19.8 Å². The number of aromatic nitrogens is 2. The molecule has 1 heterocycles. The average Bonchev–Trinajstić information content (AvgIpc) is 3.12. The molecule has 0 radical (unpaired) electrons. The van der Waals surface area contributed by atoms with E-state index in [0.717, 1.165) is 31.7 Å². The van der Waals surface area contributed by atoms with Crippen molar-refractivity contribution in [3.8, 4) is 5.88 Å². The topological polar surface area (TPSA) is 44.2 Å². The lowest BCUT2D eigenvalue weighted by molar-refractivity contribution is 0.0989. The van der Waals surface area contributed by atoms with Crippen LogP contribution in [0.1, 0.15) is 37.9 Å². The molecule has 1 aromatic rings. The fraction of sp³-hybridized carbons (Fsp3) is 0.667. The van der Waals surface area contributed by atoms with Crippen LogP contribution in [0.2, 0.25) is 5.15 Å². The normalized spacial score (nSPS) is 14.9. The second-order valence-electron chi connectivity index (χ2n) is 4.12. The van der Waals surface area contributed by atoms with Crippen molar-refractivity contribution in [2.24, 2.45) is 0 Å². The van der Waals surface area contributed by atoms with E-state index in [4.69, 9.17) is 21.1 Å². The summed E-state index contributed by atoms with van der Waals surface area (Å²) in [5, 5.41) is 0.450. The fourth-order valence-corrected chi connectivity index (χ4v) is 1.64. The lowest BCUT2D eigenvalue weighted by Gasteiger charge is -2.07. The molecule has 1 aliphatic rings. The van der Waals surface area contributed by atoms with Gasteiger partial charge in [-0.3, -0.25) is 0 Å². The summed E-state index contributed by atoms with van der Waals surface area (Å²) in [5.74, 6) is 1.83. The summed E-state index contributed by atoms with van der Waals surface area (Å²) in [6, 6.07) is 1.65. The molecule has 0 aromatic carbocycles. The molecule has 4 nitrogen and oxygen atoms in total. The number of halogens is 1. The van der Waals surface area contributed by atoms with Crippen molar-refractivity contribution < 1.29 is 9.47 Å². The molecule has 0 atom stereocenters.